The van der Waals surface area contributed by atoms with Gasteiger partial charge in [-0.3, -0.25) is 4.90 Å². The topological polar surface area (TPSA) is 28.4 Å². The van der Waals surface area contributed by atoms with Gasteiger partial charge in [-0.1, -0.05) is 26.7 Å². The van der Waals surface area contributed by atoms with E-state index in [2.05, 4.69) is 44.0 Å². The highest BCUT2D eigenvalue weighted by atomic mass is 16.3. The second kappa shape index (κ2) is 9.16. The van der Waals surface area contributed by atoms with Crippen molar-refractivity contribution in [1.82, 2.24) is 10.2 Å². The summed E-state index contributed by atoms with van der Waals surface area (Å²) >= 11 is 0. The van der Waals surface area contributed by atoms with Crippen LogP contribution in [0.3, 0.4) is 0 Å². The fourth-order valence-electron chi connectivity index (χ4n) is 2.21. The molecule has 3 nitrogen and oxygen atoms in total. The Bertz CT molecular complexity index is 333. The molecular formula is C16H30N2O. The first-order valence-corrected chi connectivity index (χ1v) is 7.69. The lowest BCUT2D eigenvalue weighted by molar-refractivity contribution is 0.207. The van der Waals surface area contributed by atoms with E-state index in [0.717, 1.165) is 25.4 Å². The van der Waals surface area contributed by atoms with Crippen molar-refractivity contribution in [3.63, 3.8) is 0 Å². The Hall–Kier alpha value is -0.800. The van der Waals surface area contributed by atoms with E-state index in [0.29, 0.717) is 6.04 Å². The van der Waals surface area contributed by atoms with Gasteiger partial charge in [0.15, 0.2) is 0 Å². The molecule has 19 heavy (non-hydrogen) atoms. The van der Waals surface area contributed by atoms with Gasteiger partial charge in [-0.15, -0.1) is 0 Å². The molecule has 0 radical (unpaired) electrons. The first-order chi connectivity index (χ1) is 9.19. The SMILES string of the molecule is CCCCCN(Cc1ccoc1CNCC)C(C)C. The summed E-state index contributed by atoms with van der Waals surface area (Å²) < 4.78 is 5.58. The van der Waals surface area contributed by atoms with Crippen molar-refractivity contribution in [3.05, 3.63) is 23.7 Å². The van der Waals surface area contributed by atoms with Gasteiger partial charge < -0.3 is 9.73 Å². The minimum atomic E-state index is 0.582. The van der Waals surface area contributed by atoms with Gasteiger partial charge in [-0.25, -0.2) is 0 Å². The fourth-order valence-corrected chi connectivity index (χ4v) is 2.21. The highest BCUT2D eigenvalue weighted by molar-refractivity contribution is 5.17. The van der Waals surface area contributed by atoms with Gasteiger partial charge in [-0.05, 0) is 39.4 Å². The Labute approximate surface area is 118 Å². The highest BCUT2D eigenvalue weighted by Gasteiger charge is 2.13. The van der Waals surface area contributed by atoms with Crippen LogP contribution in [0, 0.1) is 0 Å². The molecule has 1 heterocycles. The van der Waals surface area contributed by atoms with E-state index < -0.39 is 0 Å². The molecule has 0 fully saturated rings. The lowest BCUT2D eigenvalue weighted by Gasteiger charge is -2.26. The second-order valence-electron chi connectivity index (χ2n) is 5.42. The van der Waals surface area contributed by atoms with Gasteiger partial charge in [-0.2, -0.15) is 0 Å². The van der Waals surface area contributed by atoms with Crippen molar-refractivity contribution >= 4 is 0 Å². The van der Waals surface area contributed by atoms with Crippen molar-refractivity contribution in [2.45, 2.75) is 66.1 Å². The van der Waals surface area contributed by atoms with Gasteiger partial charge >= 0.3 is 0 Å². The summed E-state index contributed by atoms with van der Waals surface area (Å²) in [5.74, 6) is 1.09. The number of hydrogen-bond donors (Lipinski definition) is 1. The molecular weight excluding hydrogens is 236 g/mol. The van der Waals surface area contributed by atoms with Gasteiger partial charge in [0.25, 0.3) is 0 Å². The molecule has 0 spiro atoms. The van der Waals surface area contributed by atoms with E-state index >= 15 is 0 Å². The Morgan fingerprint density at radius 2 is 2.05 bits per heavy atom. The minimum Gasteiger partial charge on any atom is -0.468 e. The van der Waals surface area contributed by atoms with E-state index in [1.165, 1.54) is 31.4 Å². The summed E-state index contributed by atoms with van der Waals surface area (Å²) in [6, 6.07) is 2.70. The third-order valence-electron chi connectivity index (χ3n) is 3.53. The molecule has 1 N–H and O–H groups in total. The normalized spacial score (nSPS) is 11.7. The van der Waals surface area contributed by atoms with Crippen LogP contribution in [0.5, 0.6) is 0 Å². The van der Waals surface area contributed by atoms with Crippen LogP contribution in [0.15, 0.2) is 16.7 Å². The van der Waals surface area contributed by atoms with Crippen LogP contribution in [0.4, 0.5) is 0 Å². The summed E-state index contributed by atoms with van der Waals surface area (Å²) in [7, 11) is 0. The second-order valence-corrected chi connectivity index (χ2v) is 5.42. The standard InChI is InChI=1S/C16H30N2O/c1-5-7-8-10-18(14(3)4)13-15-9-11-19-16(15)12-17-6-2/h9,11,14,17H,5-8,10,12-13H2,1-4H3. The quantitative estimate of drug-likeness (QED) is 0.653. The van der Waals surface area contributed by atoms with Crippen LogP contribution >= 0.6 is 0 Å². The number of rotatable bonds is 10. The van der Waals surface area contributed by atoms with Crippen molar-refractivity contribution < 1.29 is 4.42 Å². The number of nitrogens with zero attached hydrogens (tertiary/aromatic N) is 1. The number of furan rings is 1. The summed E-state index contributed by atoms with van der Waals surface area (Å²) in [6.07, 6.45) is 5.70. The Morgan fingerprint density at radius 3 is 2.68 bits per heavy atom. The summed E-state index contributed by atoms with van der Waals surface area (Å²) in [5, 5.41) is 3.33. The fraction of sp³-hybridized carbons (Fsp3) is 0.750. The highest BCUT2D eigenvalue weighted by Crippen LogP contribution is 2.16. The third kappa shape index (κ3) is 5.79. The molecule has 0 aliphatic heterocycles. The zero-order valence-electron chi connectivity index (χ0n) is 13.0. The van der Waals surface area contributed by atoms with Gasteiger partial charge in [0.2, 0.25) is 0 Å². The lowest BCUT2D eigenvalue weighted by atomic mass is 10.1. The average molecular weight is 266 g/mol. The predicted octanol–water partition coefficient (Wildman–Crippen LogP) is 3.79. The van der Waals surface area contributed by atoms with Crippen LogP contribution in [-0.4, -0.2) is 24.0 Å². The zero-order valence-corrected chi connectivity index (χ0v) is 13.0. The van der Waals surface area contributed by atoms with E-state index in [4.69, 9.17) is 4.42 Å². The largest absolute Gasteiger partial charge is 0.468 e. The Balaban J connectivity index is 2.55. The van der Waals surface area contributed by atoms with Gasteiger partial charge in [0.05, 0.1) is 12.8 Å². The minimum absolute atomic E-state index is 0.582. The van der Waals surface area contributed by atoms with Crippen molar-refractivity contribution in [3.8, 4) is 0 Å². The molecule has 0 saturated heterocycles. The maximum Gasteiger partial charge on any atom is 0.122 e. The molecule has 0 aliphatic carbocycles. The molecule has 0 aliphatic rings. The van der Waals surface area contributed by atoms with Crippen LogP contribution in [0.25, 0.3) is 0 Å². The molecule has 0 aromatic carbocycles. The molecule has 0 amide bonds. The molecule has 1 aromatic rings. The number of unbranched alkanes of at least 4 members (excludes halogenated alkanes) is 2. The first-order valence-electron chi connectivity index (χ1n) is 7.69. The molecule has 0 bridgehead atoms. The zero-order chi connectivity index (χ0) is 14.1. The maximum atomic E-state index is 5.58. The summed E-state index contributed by atoms with van der Waals surface area (Å²) in [5.41, 5.74) is 1.33. The molecule has 0 saturated carbocycles. The van der Waals surface area contributed by atoms with Crippen LogP contribution in [-0.2, 0) is 13.1 Å². The Kier molecular flexibility index (Phi) is 7.84. The van der Waals surface area contributed by atoms with E-state index in [1.807, 2.05) is 6.26 Å². The molecule has 0 atom stereocenters. The summed E-state index contributed by atoms with van der Waals surface area (Å²) in [6.45, 7) is 12.9. The molecule has 1 rings (SSSR count). The molecule has 110 valence electrons. The molecule has 0 unspecified atom stereocenters. The van der Waals surface area contributed by atoms with E-state index in [9.17, 15) is 0 Å². The van der Waals surface area contributed by atoms with Crippen molar-refractivity contribution in [2.24, 2.45) is 0 Å². The van der Waals surface area contributed by atoms with Crippen molar-refractivity contribution in [1.29, 1.82) is 0 Å². The van der Waals surface area contributed by atoms with Crippen LogP contribution in [0.2, 0.25) is 0 Å². The van der Waals surface area contributed by atoms with E-state index in [1.54, 1.807) is 0 Å². The van der Waals surface area contributed by atoms with Crippen molar-refractivity contribution in [2.75, 3.05) is 13.1 Å². The number of nitrogens with one attached hydrogen (secondary N) is 1. The van der Waals surface area contributed by atoms with Crippen LogP contribution < -0.4 is 5.32 Å². The monoisotopic (exact) mass is 266 g/mol. The molecule has 3 heteroatoms. The van der Waals surface area contributed by atoms with Gasteiger partial charge in [0, 0.05) is 18.2 Å². The third-order valence-corrected chi connectivity index (χ3v) is 3.53. The predicted molar refractivity (Wildman–Crippen MR) is 81.2 cm³/mol. The summed E-state index contributed by atoms with van der Waals surface area (Å²) in [4.78, 5) is 2.54. The van der Waals surface area contributed by atoms with Gasteiger partial charge in [0.1, 0.15) is 5.76 Å². The smallest absolute Gasteiger partial charge is 0.122 e. The average Bonchev–Trinajstić information content (AvgIpc) is 2.82. The lowest BCUT2D eigenvalue weighted by Crippen LogP contribution is -2.31. The Morgan fingerprint density at radius 1 is 1.26 bits per heavy atom. The van der Waals surface area contributed by atoms with Crippen LogP contribution in [0.1, 0.15) is 58.3 Å². The van der Waals surface area contributed by atoms with E-state index in [-0.39, 0.29) is 0 Å². The first kappa shape index (κ1) is 16.3. The number of hydrogen-bond acceptors (Lipinski definition) is 3. The molecule has 1 aromatic heterocycles. The maximum absolute atomic E-state index is 5.58.